The maximum Gasteiger partial charge on any atom is 0.418 e. The Hall–Kier alpha value is -3.26. The Balaban J connectivity index is 1.67. The smallest absolute Gasteiger partial charge is 0.293 e. The van der Waals surface area contributed by atoms with Gasteiger partial charge in [0, 0.05) is 12.5 Å². The van der Waals surface area contributed by atoms with E-state index in [0.717, 1.165) is 23.3 Å². The van der Waals surface area contributed by atoms with Gasteiger partial charge in [0.15, 0.2) is 11.8 Å². The number of hydrogen-bond acceptors (Lipinski definition) is 3. The summed E-state index contributed by atoms with van der Waals surface area (Å²) >= 11 is 0. The monoisotopic (exact) mass is 427 g/mol. The van der Waals surface area contributed by atoms with Crippen molar-refractivity contribution in [3.05, 3.63) is 71.4 Å². The highest BCUT2D eigenvalue weighted by Crippen LogP contribution is 2.46. The van der Waals surface area contributed by atoms with E-state index in [9.17, 15) is 27.6 Å². The lowest BCUT2D eigenvalue weighted by Crippen LogP contribution is -3.12. The van der Waals surface area contributed by atoms with Crippen molar-refractivity contribution in [3.8, 4) is 0 Å². The number of ketones is 1. The molecule has 0 aliphatic carbocycles. The number of carbonyl (C=O) groups excluding carboxylic acids is 3. The third-order valence-corrected chi connectivity index (χ3v) is 6.51. The second-order valence-corrected chi connectivity index (χ2v) is 8.11. The minimum Gasteiger partial charge on any atom is -0.293 e. The van der Waals surface area contributed by atoms with Crippen LogP contribution in [0.15, 0.2) is 54.7 Å². The fraction of sp³-hybridized carbons (Fsp3) is 0.261. The van der Waals surface area contributed by atoms with Crippen LogP contribution in [0.4, 0.5) is 18.9 Å². The Labute approximate surface area is 175 Å². The van der Waals surface area contributed by atoms with Crippen molar-refractivity contribution in [2.75, 3.05) is 4.90 Å². The van der Waals surface area contributed by atoms with Gasteiger partial charge in [0.2, 0.25) is 11.8 Å². The molecule has 2 aromatic carbocycles. The Morgan fingerprint density at radius 3 is 2.32 bits per heavy atom. The fourth-order valence-corrected chi connectivity index (χ4v) is 5.37. The Morgan fingerprint density at radius 1 is 0.968 bits per heavy atom. The number of quaternary nitrogens is 1. The minimum absolute atomic E-state index is 0.274. The summed E-state index contributed by atoms with van der Waals surface area (Å²) in [6.07, 6.45) is -1.10. The maximum absolute atomic E-state index is 13.6. The normalized spacial score (nSPS) is 29.0. The first-order valence-electron chi connectivity index (χ1n) is 9.90. The number of fused-ring (bicyclic) bond motifs is 5. The first-order chi connectivity index (χ1) is 14.7. The van der Waals surface area contributed by atoms with Crippen LogP contribution in [0.3, 0.4) is 0 Å². The van der Waals surface area contributed by atoms with Crippen molar-refractivity contribution in [1.82, 2.24) is 0 Å². The van der Waals surface area contributed by atoms with Gasteiger partial charge in [-0.1, -0.05) is 36.4 Å². The number of hydrogen-bond donors (Lipinski definition) is 1. The average Bonchev–Trinajstić information content (AvgIpc) is 3.20. The summed E-state index contributed by atoms with van der Waals surface area (Å²) in [4.78, 5) is 40.8. The molecule has 0 spiro atoms. The number of benzene rings is 2. The number of amides is 2. The molecule has 2 saturated heterocycles. The van der Waals surface area contributed by atoms with Gasteiger partial charge in [0.05, 0.1) is 17.5 Å². The van der Waals surface area contributed by atoms with Crippen LogP contribution in [-0.2, 0) is 20.6 Å². The van der Waals surface area contributed by atoms with Crippen molar-refractivity contribution < 1.29 is 32.5 Å². The zero-order valence-electron chi connectivity index (χ0n) is 16.4. The van der Waals surface area contributed by atoms with E-state index in [2.05, 4.69) is 0 Å². The molecular weight excluding hydrogens is 409 g/mol. The second-order valence-electron chi connectivity index (χ2n) is 8.11. The Bertz CT molecular complexity index is 1160. The zero-order chi connectivity index (χ0) is 22.1. The summed E-state index contributed by atoms with van der Waals surface area (Å²) in [6, 6.07) is 10.6. The predicted molar refractivity (Wildman–Crippen MR) is 105 cm³/mol. The molecule has 0 radical (unpaired) electrons. The molecule has 0 aromatic heterocycles. The number of rotatable bonds is 2. The van der Waals surface area contributed by atoms with Crippen molar-refractivity contribution >= 4 is 29.4 Å². The SMILES string of the molecule is CC(=O)[C@H]1[C@@H]2C(=O)N(c3ccccc3C(F)(F)F)C(=O)[C@@H]2[C@H]2c3ccccc3C=C[NH+]21. The molecule has 2 aromatic rings. The van der Waals surface area contributed by atoms with Crippen LogP contribution < -0.4 is 9.80 Å². The molecule has 8 heteroatoms. The number of imide groups is 1. The van der Waals surface area contributed by atoms with E-state index in [4.69, 9.17) is 0 Å². The van der Waals surface area contributed by atoms with E-state index in [1.54, 1.807) is 6.20 Å². The molecule has 1 N–H and O–H groups in total. The van der Waals surface area contributed by atoms with Gasteiger partial charge < -0.3 is 0 Å². The van der Waals surface area contributed by atoms with Gasteiger partial charge in [0.25, 0.3) is 0 Å². The number of para-hydroxylation sites is 1. The van der Waals surface area contributed by atoms with Crippen molar-refractivity contribution in [3.63, 3.8) is 0 Å². The number of alkyl halides is 3. The van der Waals surface area contributed by atoms with Crippen molar-refractivity contribution in [1.29, 1.82) is 0 Å². The van der Waals surface area contributed by atoms with Gasteiger partial charge in [-0.3, -0.25) is 19.3 Å². The molecule has 5 atom stereocenters. The van der Waals surface area contributed by atoms with Gasteiger partial charge in [-0.2, -0.15) is 13.2 Å². The average molecular weight is 427 g/mol. The molecule has 1 unspecified atom stereocenters. The molecule has 3 aliphatic heterocycles. The Kier molecular flexibility index (Phi) is 4.20. The van der Waals surface area contributed by atoms with Gasteiger partial charge >= 0.3 is 6.18 Å². The zero-order valence-corrected chi connectivity index (χ0v) is 16.4. The third-order valence-electron chi connectivity index (χ3n) is 6.51. The number of anilines is 1. The summed E-state index contributed by atoms with van der Waals surface area (Å²) in [5.41, 5.74) is 0.145. The molecule has 31 heavy (non-hydrogen) atoms. The molecule has 2 amide bonds. The number of nitrogens with one attached hydrogen (secondary N) is 1. The molecule has 5 rings (SSSR count). The summed E-state index contributed by atoms with van der Waals surface area (Å²) < 4.78 is 40.8. The van der Waals surface area contributed by atoms with Crippen LogP contribution in [-0.4, -0.2) is 23.6 Å². The minimum atomic E-state index is -4.73. The summed E-state index contributed by atoms with van der Waals surface area (Å²) in [5.74, 6) is -3.64. The van der Waals surface area contributed by atoms with E-state index >= 15 is 0 Å². The third kappa shape index (κ3) is 2.71. The number of Topliss-reactive ketones (excluding diaryl/α,β-unsaturated/α-hetero) is 1. The molecule has 5 nitrogen and oxygen atoms in total. The first-order valence-corrected chi connectivity index (χ1v) is 9.90. The van der Waals surface area contributed by atoms with E-state index in [-0.39, 0.29) is 5.78 Å². The van der Waals surface area contributed by atoms with Crippen LogP contribution in [0.1, 0.15) is 29.7 Å². The number of carbonyl (C=O) groups is 3. The molecule has 3 aliphatic rings. The molecular formula is C23H18F3N2O3+. The number of nitrogens with zero attached hydrogens (tertiary/aromatic N) is 1. The van der Waals surface area contributed by atoms with Gasteiger partial charge in [-0.25, -0.2) is 4.90 Å². The topological polar surface area (TPSA) is 58.9 Å². The highest BCUT2D eigenvalue weighted by Gasteiger charge is 2.67. The summed E-state index contributed by atoms with van der Waals surface area (Å²) in [7, 11) is 0. The molecule has 0 bridgehead atoms. The largest absolute Gasteiger partial charge is 0.418 e. The van der Waals surface area contributed by atoms with Crippen molar-refractivity contribution in [2.45, 2.75) is 25.2 Å². The van der Waals surface area contributed by atoms with E-state index in [1.807, 2.05) is 30.3 Å². The number of halogens is 3. The van der Waals surface area contributed by atoms with E-state index < -0.39 is 53.2 Å². The lowest BCUT2D eigenvalue weighted by molar-refractivity contribution is -0.884. The molecule has 2 fully saturated rings. The molecule has 3 heterocycles. The highest BCUT2D eigenvalue weighted by molar-refractivity contribution is 6.24. The Morgan fingerprint density at radius 2 is 1.61 bits per heavy atom. The molecule has 158 valence electrons. The lowest BCUT2D eigenvalue weighted by atomic mass is 9.84. The van der Waals surface area contributed by atoms with E-state index in [0.29, 0.717) is 9.80 Å². The standard InChI is InChI=1S/C23H17F3N2O3/c1-12(29)19-17-18(20-14-7-3-2-6-13(14)10-11-27(19)20)22(31)28(21(17)30)16-9-5-4-8-15(16)23(24,25)26/h2-11,17-20H,1H3/p+1/t17-,18+,19+,20-/m1/s1. The highest BCUT2D eigenvalue weighted by atomic mass is 19.4. The van der Waals surface area contributed by atoms with Crippen LogP contribution in [0.25, 0.3) is 6.08 Å². The summed E-state index contributed by atoms with van der Waals surface area (Å²) in [6.45, 7) is 1.36. The van der Waals surface area contributed by atoms with Crippen LogP contribution in [0.5, 0.6) is 0 Å². The van der Waals surface area contributed by atoms with Gasteiger partial charge in [-0.15, -0.1) is 0 Å². The van der Waals surface area contributed by atoms with E-state index in [1.165, 1.54) is 19.1 Å². The lowest BCUT2D eigenvalue weighted by Gasteiger charge is -2.30. The van der Waals surface area contributed by atoms with Crippen LogP contribution >= 0.6 is 0 Å². The second kappa shape index (κ2) is 6.62. The van der Waals surface area contributed by atoms with Gasteiger partial charge in [-0.05, 0) is 23.8 Å². The fourth-order valence-electron chi connectivity index (χ4n) is 5.37. The quantitative estimate of drug-likeness (QED) is 0.749. The first kappa shape index (κ1) is 19.7. The van der Waals surface area contributed by atoms with Gasteiger partial charge in [0.1, 0.15) is 17.9 Å². The van der Waals surface area contributed by atoms with Crippen LogP contribution in [0, 0.1) is 11.8 Å². The molecule has 0 saturated carbocycles. The summed E-state index contributed by atoms with van der Waals surface area (Å²) in [5, 5.41) is 0. The maximum atomic E-state index is 13.6. The predicted octanol–water partition coefficient (Wildman–Crippen LogP) is 2.39. The van der Waals surface area contributed by atoms with Crippen LogP contribution in [0.2, 0.25) is 0 Å². The van der Waals surface area contributed by atoms with Crippen molar-refractivity contribution in [2.24, 2.45) is 11.8 Å².